The Morgan fingerprint density at radius 1 is 1.14 bits per heavy atom. The van der Waals surface area contributed by atoms with Gasteiger partial charge in [-0.25, -0.2) is 9.67 Å². The molecule has 0 unspecified atom stereocenters. The molecule has 0 radical (unpaired) electrons. The summed E-state index contributed by atoms with van der Waals surface area (Å²) in [4.78, 5) is 19.6. The third kappa shape index (κ3) is 2.03. The molecule has 1 fully saturated rings. The summed E-state index contributed by atoms with van der Waals surface area (Å²) in [5, 5.41) is 8.16. The second-order valence-electron chi connectivity index (χ2n) is 5.43. The van der Waals surface area contributed by atoms with E-state index in [0.29, 0.717) is 23.0 Å². The van der Waals surface area contributed by atoms with Gasteiger partial charge >= 0.3 is 0 Å². The molecule has 1 saturated carbocycles. The average molecular weight is 281 g/mol. The Labute approximate surface area is 120 Å². The normalized spacial score (nSPS) is 15.8. The maximum absolute atomic E-state index is 12.2. The van der Waals surface area contributed by atoms with Crippen LogP contribution in [0.5, 0.6) is 0 Å². The number of benzene rings is 1. The molecule has 0 aliphatic heterocycles. The van der Waals surface area contributed by atoms with Crippen LogP contribution >= 0.6 is 0 Å². The molecule has 1 aliphatic carbocycles. The van der Waals surface area contributed by atoms with Gasteiger partial charge in [-0.05, 0) is 12.8 Å². The molecule has 2 aromatic heterocycles. The van der Waals surface area contributed by atoms with Gasteiger partial charge in [-0.15, -0.1) is 5.10 Å². The monoisotopic (exact) mass is 281 g/mol. The fraction of sp³-hybridized carbons (Fsp3) is 0.333. The summed E-state index contributed by atoms with van der Waals surface area (Å²) in [5.41, 5.74) is 1.56. The smallest absolute Gasteiger partial charge is 0.281 e. The highest BCUT2D eigenvalue weighted by atomic mass is 16.1. The highest BCUT2D eigenvalue weighted by molar-refractivity contribution is 5.71. The van der Waals surface area contributed by atoms with Crippen LogP contribution in [-0.4, -0.2) is 25.0 Å². The van der Waals surface area contributed by atoms with Crippen LogP contribution in [-0.2, 0) is 0 Å². The number of aromatic amines is 1. The molecule has 6 heteroatoms. The maximum Gasteiger partial charge on any atom is 0.281 e. The standard InChI is InChI=1S/C15H15N5O/c21-15-12-14(20(19-18-12)11-8-4-5-9-11)16-13(17-15)10-6-2-1-3-7-10/h1-3,6-7,11H,4-5,8-9H2,(H,16,17,21). The zero-order valence-electron chi connectivity index (χ0n) is 11.5. The number of hydrogen-bond acceptors (Lipinski definition) is 4. The van der Waals surface area contributed by atoms with Crippen molar-refractivity contribution in [2.75, 3.05) is 0 Å². The summed E-state index contributed by atoms with van der Waals surface area (Å²) < 4.78 is 1.82. The quantitative estimate of drug-likeness (QED) is 0.782. The van der Waals surface area contributed by atoms with Gasteiger partial charge in [0.1, 0.15) is 5.82 Å². The Hall–Kier alpha value is -2.50. The molecule has 1 aliphatic rings. The minimum absolute atomic E-state index is 0.233. The van der Waals surface area contributed by atoms with E-state index in [1.54, 1.807) is 0 Å². The van der Waals surface area contributed by atoms with E-state index in [9.17, 15) is 4.79 Å². The number of nitrogens with one attached hydrogen (secondary N) is 1. The van der Waals surface area contributed by atoms with Gasteiger partial charge in [-0.2, -0.15) is 0 Å². The Balaban J connectivity index is 1.91. The number of H-pyrrole nitrogens is 1. The topological polar surface area (TPSA) is 76.5 Å². The second kappa shape index (κ2) is 4.80. The van der Waals surface area contributed by atoms with Crippen LogP contribution in [0.3, 0.4) is 0 Å². The van der Waals surface area contributed by atoms with E-state index in [1.165, 1.54) is 12.8 Å². The van der Waals surface area contributed by atoms with E-state index >= 15 is 0 Å². The van der Waals surface area contributed by atoms with Gasteiger partial charge in [0.25, 0.3) is 5.56 Å². The van der Waals surface area contributed by atoms with Gasteiger partial charge in [0.05, 0.1) is 6.04 Å². The first-order valence-corrected chi connectivity index (χ1v) is 7.23. The molecular weight excluding hydrogens is 266 g/mol. The van der Waals surface area contributed by atoms with E-state index in [0.717, 1.165) is 18.4 Å². The van der Waals surface area contributed by atoms with Crippen LogP contribution in [0.4, 0.5) is 0 Å². The predicted octanol–water partition coefficient (Wildman–Crippen LogP) is 2.30. The first kappa shape index (κ1) is 12.3. The highest BCUT2D eigenvalue weighted by Crippen LogP contribution is 2.30. The van der Waals surface area contributed by atoms with Crippen molar-refractivity contribution in [3.05, 3.63) is 40.7 Å². The van der Waals surface area contributed by atoms with Gasteiger partial charge in [-0.3, -0.25) is 4.79 Å². The molecular formula is C15H15N5O. The summed E-state index contributed by atoms with van der Waals surface area (Å²) in [5.74, 6) is 0.564. The number of rotatable bonds is 2. The van der Waals surface area contributed by atoms with Crippen molar-refractivity contribution >= 4 is 11.2 Å². The lowest BCUT2D eigenvalue weighted by atomic mass is 10.2. The molecule has 0 amide bonds. The van der Waals surface area contributed by atoms with Gasteiger partial charge in [0, 0.05) is 5.56 Å². The van der Waals surface area contributed by atoms with Crippen molar-refractivity contribution in [2.24, 2.45) is 0 Å². The number of fused-ring (bicyclic) bond motifs is 1. The van der Waals surface area contributed by atoms with E-state index in [4.69, 9.17) is 0 Å². The van der Waals surface area contributed by atoms with E-state index < -0.39 is 0 Å². The van der Waals surface area contributed by atoms with Crippen molar-refractivity contribution < 1.29 is 0 Å². The van der Waals surface area contributed by atoms with Crippen LogP contribution < -0.4 is 5.56 Å². The summed E-state index contributed by atoms with van der Waals surface area (Å²) in [7, 11) is 0. The lowest BCUT2D eigenvalue weighted by molar-refractivity contribution is 0.464. The van der Waals surface area contributed by atoms with Crippen molar-refractivity contribution in [3.63, 3.8) is 0 Å². The Bertz CT molecular complexity index is 830. The van der Waals surface area contributed by atoms with E-state index in [2.05, 4.69) is 20.3 Å². The molecule has 0 saturated heterocycles. The van der Waals surface area contributed by atoms with Crippen molar-refractivity contribution in [1.29, 1.82) is 0 Å². The number of nitrogens with zero attached hydrogens (tertiary/aromatic N) is 4. The van der Waals surface area contributed by atoms with Crippen LogP contribution in [0.2, 0.25) is 0 Å². The van der Waals surface area contributed by atoms with Crippen molar-refractivity contribution in [2.45, 2.75) is 31.7 Å². The number of aromatic nitrogens is 5. The first-order valence-electron chi connectivity index (χ1n) is 7.23. The van der Waals surface area contributed by atoms with Gasteiger partial charge in [0.15, 0.2) is 11.2 Å². The lowest BCUT2D eigenvalue weighted by Crippen LogP contribution is -2.12. The average Bonchev–Trinajstić information content (AvgIpc) is 3.16. The van der Waals surface area contributed by atoms with Gasteiger partial charge in [-0.1, -0.05) is 48.4 Å². The summed E-state index contributed by atoms with van der Waals surface area (Å²) in [6.07, 6.45) is 4.54. The zero-order chi connectivity index (χ0) is 14.2. The molecule has 0 bridgehead atoms. The summed E-state index contributed by atoms with van der Waals surface area (Å²) >= 11 is 0. The van der Waals surface area contributed by atoms with Gasteiger partial charge in [0.2, 0.25) is 0 Å². The lowest BCUT2D eigenvalue weighted by Gasteiger charge is -2.09. The molecule has 3 aromatic rings. The second-order valence-corrected chi connectivity index (χ2v) is 5.43. The van der Waals surface area contributed by atoms with Crippen LogP contribution in [0.25, 0.3) is 22.6 Å². The zero-order valence-corrected chi connectivity index (χ0v) is 11.5. The van der Waals surface area contributed by atoms with Crippen LogP contribution in [0.15, 0.2) is 35.1 Å². The van der Waals surface area contributed by atoms with Crippen LogP contribution in [0, 0.1) is 0 Å². The van der Waals surface area contributed by atoms with E-state index in [-0.39, 0.29) is 5.56 Å². The van der Waals surface area contributed by atoms with Crippen molar-refractivity contribution in [1.82, 2.24) is 25.0 Å². The fourth-order valence-corrected chi connectivity index (χ4v) is 2.97. The minimum Gasteiger partial charge on any atom is -0.304 e. The molecule has 2 heterocycles. The molecule has 0 spiro atoms. The SMILES string of the molecule is O=c1[nH]c(-c2ccccc2)nc2c1nnn2C1CCCC1. The largest absolute Gasteiger partial charge is 0.304 e. The van der Waals surface area contributed by atoms with Crippen LogP contribution in [0.1, 0.15) is 31.7 Å². The summed E-state index contributed by atoms with van der Waals surface area (Å²) in [6, 6.07) is 9.94. The Morgan fingerprint density at radius 3 is 2.67 bits per heavy atom. The predicted molar refractivity (Wildman–Crippen MR) is 78.9 cm³/mol. The molecule has 21 heavy (non-hydrogen) atoms. The summed E-state index contributed by atoms with van der Waals surface area (Å²) in [6.45, 7) is 0. The first-order chi connectivity index (χ1) is 10.3. The van der Waals surface area contributed by atoms with E-state index in [1.807, 2.05) is 35.0 Å². The molecule has 1 N–H and O–H groups in total. The third-order valence-electron chi connectivity index (χ3n) is 4.05. The molecule has 1 aromatic carbocycles. The highest BCUT2D eigenvalue weighted by Gasteiger charge is 2.22. The molecule has 4 rings (SSSR count). The third-order valence-corrected chi connectivity index (χ3v) is 4.05. The molecule has 106 valence electrons. The fourth-order valence-electron chi connectivity index (χ4n) is 2.97. The van der Waals surface area contributed by atoms with Crippen molar-refractivity contribution in [3.8, 4) is 11.4 Å². The maximum atomic E-state index is 12.2. The Kier molecular flexibility index (Phi) is 2.80. The molecule has 6 nitrogen and oxygen atoms in total. The van der Waals surface area contributed by atoms with Gasteiger partial charge < -0.3 is 4.98 Å². The minimum atomic E-state index is -0.233. The molecule has 0 atom stereocenters. The Morgan fingerprint density at radius 2 is 1.90 bits per heavy atom. The number of hydrogen-bond donors (Lipinski definition) is 1.